The third-order valence-corrected chi connectivity index (χ3v) is 3.84. The van der Waals surface area contributed by atoms with Crippen molar-refractivity contribution >= 4 is 28.9 Å². The van der Waals surface area contributed by atoms with Crippen molar-refractivity contribution < 1.29 is 18.7 Å². The zero-order valence-corrected chi connectivity index (χ0v) is 13.7. The second-order valence-electron chi connectivity index (χ2n) is 5.34. The summed E-state index contributed by atoms with van der Waals surface area (Å²) in [5.41, 5.74) is 1.51. The molecule has 0 radical (unpaired) electrons. The van der Waals surface area contributed by atoms with E-state index in [4.69, 9.17) is 21.1 Å². The lowest BCUT2D eigenvalue weighted by Gasteiger charge is -2.20. The van der Waals surface area contributed by atoms with E-state index in [-0.39, 0.29) is 18.3 Å². The average molecular weight is 351 g/mol. The lowest BCUT2D eigenvalue weighted by molar-refractivity contribution is -0.114. The molecule has 1 heterocycles. The molecule has 7 heteroatoms. The van der Waals surface area contributed by atoms with E-state index < -0.39 is 0 Å². The maximum absolute atomic E-state index is 13.5. The van der Waals surface area contributed by atoms with Gasteiger partial charge in [0.05, 0.1) is 17.3 Å². The molecule has 1 amide bonds. The van der Waals surface area contributed by atoms with Gasteiger partial charge in [0.1, 0.15) is 19.0 Å². The van der Waals surface area contributed by atoms with E-state index in [9.17, 15) is 9.18 Å². The van der Waals surface area contributed by atoms with Crippen molar-refractivity contribution in [3.8, 4) is 11.5 Å². The van der Waals surface area contributed by atoms with E-state index in [1.807, 2.05) is 0 Å². The Hall–Kier alpha value is -2.47. The van der Waals surface area contributed by atoms with Gasteiger partial charge in [0, 0.05) is 17.8 Å². The summed E-state index contributed by atoms with van der Waals surface area (Å²) in [5.74, 6) is 0.455. The number of carbonyl (C=O) groups excluding carboxylic acids is 1. The van der Waals surface area contributed by atoms with Gasteiger partial charge in [0.25, 0.3) is 0 Å². The summed E-state index contributed by atoms with van der Waals surface area (Å²) >= 11 is 6.14. The molecular weight excluding hydrogens is 335 g/mol. The number of aryl methyl sites for hydroxylation is 1. The second kappa shape index (κ2) is 6.97. The van der Waals surface area contributed by atoms with E-state index >= 15 is 0 Å². The number of halogens is 2. The Bertz CT molecular complexity index is 783. The molecular formula is C17H16ClFN2O3. The fourth-order valence-corrected chi connectivity index (χ4v) is 2.44. The van der Waals surface area contributed by atoms with Crippen LogP contribution in [0.5, 0.6) is 11.5 Å². The summed E-state index contributed by atoms with van der Waals surface area (Å²) in [6, 6.07) is 7.93. The molecule has 2 aromatic carbocycles. The van der Waals surface area contributed by atoms with Crippen molar-refractivity contribution in [1.82, 2.24) is 0 Å². The molecule has 0 atom stereocenters. The molecule has 0 unspecified atom stereocenters. The number of benzene rings is 2. The summed E-state index contributed by atoms with van der Waals surface area (Å²) in [4.78, 5) is 12.1. The predicted octanol–water partition coefficient (Wildman–Crippen LogP) is 3.61. The van der Waals surface area contributed by atoms with Crippen LogP contribution >= 0.6 is 11.6 Å². The van der Waals surface area contributed by atoms with Crippen LogP contribution in [0.15, 0.2) is 30.3 Å². The summed E-state index contributed by atoms with van der Waals surface area (Å²) in [7, 11) is 0. The number of hydrogen-bond donors (Lipinski definition) is 2. The molecule has 0 spiro atoms. The van der Waals surface area contributed by atoms with Crippen molar-refractivity contribution in [3.05, 3.63) is 46.7 Å². The van der Waals surface area contributed by atoms with E-state index in [1.165, 1.54) is 6.07 Å². The van der Waals surface area contributed by atoms with E-state index in [2.05, 4.69) is 10.6 Å². The van der Waals surface area contributed by atoms with Gasteiger partial charge in [-0.2, -0.15) is 0 Å². The first-order chi connectivity index (χ1) is 11.5. The molecule has 24 heavy (non-hydrogen) atoms. The summed E-state index contributed by atoms with van der Waals surface area (Å²) in [6.45, 7) is 2.57. The maximum Gasteiger partial charge on any atom is 0.243 e. The van der Waals surface area contributed by atoms with Gasteiger partial charge in [0.2, 0.25) is 5.91 Å². The molecule has 2 N–H and O–H groups in total. The Morgan fingerprint density at radius 1 is 1.21 bits per heavy atom. The molecule has 0 bridgehead atoms. The van der Waals surface area contributed by atoms with Crippen molar-refractivity contribution in [2.45, 2.75) is 6.92 Å². The highest BCUT2D eigenvalue weighted by atomic mass is 35.5. The Kier molecular flexibility index (Phi) is 4.76. The van der Waals surface area contributed by atoms with Crippen LogP contribution in [0.25, 0.3) is 0 Å². The van der Waals surface area contributed by atoms with Gasteiger partial charge in [-0.1, -0.05) is 17.7 Å². The van der Waals surface area contributed by atoms with E-state index in [0.717, 1.165) is 0 Å². The van der Waals surface area contributed by atoms with Crippen LogP contribution < -0.4 is 20.1 Å². The minimum Gasteiger partial charge on any atom is -0.486 e. The molecule has 0 saturated carbocycles. The zero-order valence-electron chi connectivity index (χ0n) is 13.0. The lowest BCUT2D eigenvalue weighted by atomic mass is 10.2. The minimum atomic E-state index is -0.324. The predicted molar refractivity (Wildman–Crippen MR) is 90.7 cm³/mol. The van der Waals surface area contributed by atoms with E-state index in [0.29, 0.717) is 46.7 Å². The van der Waals surface area contributed by atoms with Crippen molar-refractivity contribution in [2.24, 2.45) is 0 Å². The van der Waals surface area contributed by atoms with Crippen LogP contribution in [-0.4, -0.2) is 25.7 Å². The molecule has 3 rings (SSSR count). The van der Waals surface area contributed by atoms with E-state index in [1.54, 1.807) is 31.2 Å². The highest BCUT2D eigenvalue weighted by molar-refractivity contribution is 6.34. The number of rotatable bonds is 4. The standard InChI is InChI=1S/C17H16ClFN2O3/c1-10-2-3-11(6-13(10)19)20-9-17(22)21-14-8-16-15(7-12(14)18)23-4-5-24-16/h2-3,6-8,20H,4-5,9H2,1H3,(H,21,22). The van der Waals surface area contributed by atoms with Crippen LogP contribution in [-0.2, 0) is 4.79 Å². The average Bonchev–Trinajstić information content (AvgIpc) is 2.56. The van der Waals surface area contributed by atoms with Gasteiger partial charge < -0.3 is 20.1 Å². The number of nitrogens with one attached hydrogen (secondary N) is 2. The molecule has 1 aliphatic heterocycles. The van der Waals surface area contributed by atoms with Gasteiger partial charge in [-0.25, -0.2) is 4.39 Å². The smallest absolute Gasteiger partial charge is 0.243 e. The fourth-order valence-electron chi connectivity index (χ4n) is 2.24. The minimum absolute atomic E-state index is 0.0206. The fraction of sp³-hybridized carbons (Fsp3) is 0.235. The van der Waals surface area contributed by atoms with Gasteiger partial charge in [-0.05, 0) is 24.6 Å². The first-order valence-corrected chi connectivity index (χ1v) is 7.80. The molecule has 2 aromatic rings. The number of fused-ring (bicyclic) bond motifs is 1. The van der Waals surface area contributed by atoms with Crippen molar-refractivity contribution in [2.75, 3.05) is 30.4 Å². The molecule has 5 nitrogen and oxygen atoms in total. The molecule has 126 valence electrons. The van der Waals surface area contributed by atoms with Crippen molar-refractivity contribution in [3.63, 3.8) is 0 Å². The highest BCUT2D eigenvalue weighted by Crippen LogP contribution is 2.37. The zero-order chi connectivity index (χ0) is 17.1. The summed E-state index contributed by atoms with van der Waals surface area (Å²) in [6.07, 6.45) is 0. The van der Waals surface area contributed by atoms with Gasteiger partial charge in [-0.3, -0.25) is 4.79 Å². The lowest BCUT2D eigenvalue weighted by Crippen LogP contribution is -2.22. The molecule has 0 saturated heterocycles. The van der Waals surface area contributed by atoms with Gasteiger partial charge >= 0.3 is 0 Å². The first-order valence-electron chi connectivity index (χ1n) is 7.42. The monoisotopic (exact) mass is 350 g/mol. The Morgan fingerprint density at radius 2 is 1.92 bits per heavy atom. The number of hydrogen-bond acceptors (Lipinski definition) is 4. The Balaban J connectivity index is 1.63. The molecule has 0 fully saturated rings. The number of ether oxygens (including phenoxy) is 2. The number of anilines is 2. The van der Waals surface area contributed by atoms with Crippen molar-refractivity contribution in [1.29, 1.82) is 0 Å². The van der Waals surface area contributed by atoms with Crippen LogP contribution in [0.4, 0.5) is 15.8 Å². The first kappa shape index (κ1) is 16.4. The van der Waals surface area contributed by atoms with Gasteiger partial charge in [-0.15, -0.1) is 0 Å². The van der Waals surface area contributed by atoms with Crippen LogP contribution in [0.2, 0.25) is 5.02 Å². The molecule has 1 aliphatic rings. The summed E-state index contributed by atoms with van der Waals surface area (Å²) < 4.78 is 24.4. The van der Waals surface area contributed by atoms with Crippen LogP contribution in [0.1, 0.15) is 5.56 Å². The highest BCUT2D eigenvalue weighted by Gasteiger charge is 2.16. The molecule has 0 aliphatic carbocycles. The summed E-state index contributed by atoms with van der Waals surface area (Å²) in [5, 5.41) is 5.91. The Morgan fingerprint density at radius 3 is 2.62 bits per heavy atom. The largest absolute Gasteiger partial charge is 0.486 e. The Labute approximate surface area is 143 Å². The number of amides is 1. The third-order valence-electron chi connectivity index (χ3n) is 3.53. The van der Waals surface area contributed by atoms with Crippen LogP contribution in [0, 0.1) is 12.7 Å². The SMILES string of the molecule is Cc1ccc(NCC(=O)Nc2cc3c(cc2Cl)OCCO3)cc1F. The topological polar surface area (TPSA) is 59.6 Å². The maximum atomic E-state index is 13.5. The normalized spacial score (nSPS) is 12.6. The second-order valence-corrected chi connectivity index (χ2v) is 5.75. The quantitative estimate of drug-likeness (QED) is 0.884. The third kappa shape index (κ3) is 3.71. The van der Waals surface area contributed by atoms with Crippen LogP contribution in [0.3, 0.4) is 0 Å². The number of carbonyl (C=O) groups is 1. The molecule has 0 aromatic heterocycles. The van der Waals surface area contributed by atoms with Gasteiger partial charge in [0.15, 0.2) is 11.5 Å².